The van der Waals surface area contributed by atoms with Crippen molar-refractivity contribution in [2.75, 3.05) is 18.5 Å². The fourth-order valence-corrected chi connectivity index (χ4v) is 3.26. The molecule has 1 saturated heterocycles. The van der Waals surface area contributed by atoms with Crippen molar-refractivity contribution >= 4 is 22.5 Å². The Morgan fingerprint density at radius 2 is 2.07 bits per heavy atom. The number of hydrogen-bond donors (Lipinski definition) is 1. The van der Waals surface area contributed by atoms with Crippen molar-refractivity contribution in [2.45, 2.75) is 31.8 Å². The van der Waals surface area contributed by atoms with Crippen LogP contribution in [0.25, 0.3) is 10.9 Å². The Labute approximate surface area is 155 Å². The lowest BCUT2D eigenvalue weighted by Crippen LogP contribution is -2.23. The first kappa shape index (κ1) is 17.4. The second-order valence-corrected chi connectivity index (χ2v) is 6.61. The number of nitrogens with one attached hydrogen (secondary N) is 1. The minimum absolute atomic E-state index is 0.138. The molecule has 2 aromatic heterocycles. The van der Waals surface area contributed by atoms with Crippen LogP contribution in [0.4, 0.5) is 5.69 Å². The van der Waals surface area contributed by atoms with E-state index >= 15 is 0 Å². The van der Waals surface area contributed by atoms with Gasteiger partial charge in [-0.1, -0.05) is 12.1 Å². The number of rotatable bonds is 5. The second-order valence-electron chi connectivity index (χ2n) is 6.61. The number of hydrogen-bond acceptors (Lipinski definition) is 5. The normalized spacial score (nSPS) is 15.1. The van der Waals surface area contributed by atoms with Crippen LogP contribution in [0.2, 0.25) is 0 Å². The van der Waals surface area contributed by atoms with Gasteiger partial charge in [0.25, 0.3) is 5.56 Å². The summed E-state index contributed by atoms with van der Waals surface area (Å²) < 4.78 is 8.71. The zero-order chi connectivity index (χ0) is 18.6. The van der Waals surface area contributed by atoms with Gasteiger partial charge in [-0.15, -0.1) is 0 Å². The predicted molar refractivity (Wildman–Crippen MR) is 101 cm³/mol. The maximum atomic E-state index is 12.4. The van der Waals surface area contributed by atoms with Crippen LogP contribution in [0.5, 0.6) is 0 Å². The molecular formula is C19H21N5O3. The summed E-state index contributed by atoms with van der Waals surface area (Å²) in [7, 11) is 0. The first-order chi connectivity index (χ1) is 13.2. The molecule has 1 aromatic carbocycles. The van der Waals surface area contributed by atoms with Gasteiger partial charge in [0.15, 0.2) is 0 Å². The summed E-state index contributed by atoms with van der Waals surface area (Å²) in [6, 6.07) is 7.49. The Kier molecular flexibility index (Phi) is 4.97. The minimum Gasteiger partial charge on any atom is -0.381 e. The Bertz CT molecular complexity index is 1000. The largest absolute Gasteiger partial charge is 0.381 e. The van der Waals surface area contributed by atoms with E-state index < -0.39 is 0 Å². The SMILES string of the molecule is O=C(CCn1cnc2ccccc2c1=O)Nc1cnn(C2CCOCC2)c1. The summed E-state index contributed by atoms with van der Waals surface area (Å²) in [6.07, 6.45) is 7.01. The molecular weight excluding hydrogens is 346 g/mol. The van der Waals surface area contributed by atoms with Crippen molar-refractivity contribution in [3.05, 3.63) is 53.3 Å². The maximum Gasteiger partial charge on any atom is 0.261 e. The topological polar surface area (TPSA) is 91.0 Å². The Balaban J connectivity index is 1.37. The average molecular weight is 367 g/mol. The standard InChI is InChI=1S/C19H21N5O3/c25-18(22-14-11-21-24(12-14)15-6-9-27-10-7-15)5-8-23-13-20-17-4-2-1-3-16(17)19(23)26/h1-4,11-13,15H,5-10H2,(H,22,25). The van der Waals surface area contributed by atoms with E-state index in [1.807, 2.05) is 16.9 Å². The van der Waals surface area contributed by atoms with Gasteiger partial charge in [-0.05, 0) is 25.0 Å². The Morgan fingerprint density at radius 1 is 1.26 bits per heavy atom. The third-order valence-corrected chi connectivity index (χ3v) is 4.76. The molecule has 0 atom stereocenters. The molecule has 1 aliphatic heterocycles. The number of anilines is 1. The van der Waals surface area contributed by atoms with Gasteiger partial charge >= 0.3 is 0 Å². The zero-order valence-electron chi connectivity index (χ0n) is 14.9. The van der Waals surface area contributed by atoms with Crippen LogP contribution in [0.15, 0.2) is 47.8 Å². The van der Waals surface area contributed by atoms with E-state index in [0.29, 0.717) is 22.6 Å². The summed E-state index contributed by atoms with van der Waals surface area (Å²) in [5, 5.41) is 7.73. The first-order valence-electron chi connectivity index (χ1n) is 9.06. The smallest absolute Gasteiger partial charge is 0.261 e. The highest BCUT2D eigenvalue weighted by Crippen LogP contribution is 2.21. The van der Waals surface area contributed by atoms with E-state index in [0.717, 1.165) is 26.1 Å². The van der Waals surface area contributed by atoms with Gasteiger partial charge in [-0.2, -0.15) is 5.10 Å². The van der Waals surface area contributed by atoms with Crippen molar-refractivity contribution in [1.29, 1.82) is 0 Å². The summed E-state index contributed by atoms with van der Waals surface area (Å²) in [4.78, 5) is 29.0. The Hall–Kier alpha value is -3.00. The predicted octanol–water partition coefficient (Wildman–Crippen LogP) is 1.97. The number of carbonyl (C=O) groups excluding carboxylic acids is 1. The van der Waals surface area contributed by atoms with Crippen LogP contribution in [0.3, 0.4) is 0 Å². The highest BCUT2D eigenvalue weighted by Gasteiger charge is 2.17. The van der Waals surface area contributed by atoms with Gasteiger partial charge < -0.3 is 10.1 Å². The minimum atomic E-state index is -0.165. The van der Waals surface area contributed by atoms with Crippen LogP contribution in [0, 0.1) is 0 Å². The summed E-state index contributed by atoms with van der Waals surface area (Å²) in [5.41, 5.74) is 1.18. The molecule has 3 aromatic rings. The zero-order valence-corrected chi connectivity index (χ0v) is 14.9. The number of ether oxygens (including phenoxy) is 1. The van der Waals surface area contributed by atoms with Crippen LogP contribution in [-0.4, -0.2) is 38.5 Å². The lowest BCUT2D eigenvalue weighted by Gasteiger charge is -2.22. The van der Waals surface area contributed by atoms with Crippen LogP contribution < -0.4 is 10.9 Å². The number of nitrogens with zero attached hydrogens (tertiary/aromatic N) is 4. The molecule has 4 rings (SSSR count). The molecule has 8 heteroatoms. The highest BCUT2D eigenvalue weighted by molar-refractivity contribution is 5.90. The summed E-state index contributed by atoms with van der Waals surface area (Å²) >= 11 is 0. The molecule has 3 heterocycles. The molecule has 1 N–H and O–H groups in total. The van der Waals surface area contributed by atoms with E-state index in [9.17, 15) is 9.59 Å². The molecule has 0 saturated carbocycles. The molecule has 1 aliphatic rings. The summed E-state index contributed by atoms with van der Waals surface area (Å²) in [5.74, 6) is -0.165. The molecule has 0 aliphatic carbocycles. The van der Waals surface area contributed by atoms with E-state index in [1.54, 1.807) is 24.4 Å². The molecule has 0 bridgehead atoms. The molecule has 1 fully saturated rings. The molecule has 8 nitrogen and oxygen atoms in total. The number of aromatic nitrogens is 4. The van der Waals surface area contributed by atoms with Crippen molar-refractivity contribution in [2.24, 2.45) is 0 Å². The molecule has 140 valence electrons. The molecule has 0 unspecified atom stereocenters. The van der Waals surface area contributed by atoms with Crippen LogP contribution >= 0.6 is 0 Å². The van der Waals surface area contributed by atoms with Gasteiger partial charge in [-0.25, -0.2) is 4.98 Å². The van der Waals surface area contributed by atoms with Gasteiger partial charge in [0.05, 0.1) is 35.2 Å². The highest BCUT2D eigenvalue weighted by atomic mass is 16.5. The number of fused-ring (bicyclic) bond motifs is 1. The number of amides is 1. The third kappa shape index (κ3) is 3.90. The number of para-hydroxylation sites is 1. The molecule has 0 spiro atoms. The molecule has 1 amide bonds. The number of benzene rings is 1. The number of carbonyl (C=O) groups is 1. The maximum absolute atomic E-state index is 12.4. The quantitative estimate of drug-likeness (QED) is 0.744. The fraction of sp³-hybridized carbons (Fsp3) is 0.368. The van der Waals surface area contributed by atoms with E-state index in [2.05, 4.69) is 15.4 Å². The van der Waals surface area contributed by atoms with Gasteiger partial charge in [-0.3, -0.25) is 18.8 Å². The van der Waals surface area contributed by atoms with Crippen LogP contribution in [-0.2, 0) is 16.1 Å². The Morgan fingerprint density at radius 3 is 2.93 bits per heavy atom. The van der Waals surface area contributed by atoms with Gasteiger partial charge in [0.1, 0.15) is 0 Å². The number of aryl methyl sites for hydroxylation is 1. The van der Waals surface area contributed by atoms with Gasteiger partial charge in [0, 0.05) is 32.4 Å². The molecule has 0 radical (unpaired) electrons. The van der Waals surface area contributed by atoms with E-state index in [4.69, 9.17) is 4.74 Å². The van der Waals surface area contributed by atoms with Crippen molar-refractivity contribution < 1.29 is 9.53 Å². The third-order valence-electron chi connectivity index (χ3n) is 4.76. The average Bonchev–Trinajstić information content (AvgIpc) is 3.17. The molecule has 27 heavy (non-hydrogen) atoms. The first-order valence-corrected chi connectivity index (χ1v) is 9.06. The summed E-state index contributed by atoms with van der Waals surface area (Å²) in [6.45, 7) is 1.75. The monoisotopic (exact) mass is 367 g/mol. The van der Waals surface area contributed by atoms with Crippen molar-refractivity contribution in [1.82, 2.24) is 19.3 Å². The van der Waals surface area contributed by atoms with Gasteiger partial charge in [0.2, 0.25) is 5.91 Å². The van der Waals surface area contributed by atoms with Crippen molar-refractivity contribution in [3.8, 4) is 0 Å². The van der Waals surface area contributed by atoms with Crippen molar-refractivity contribution in [3.63, 3.8) is 0 Å². The second kappa shape index (κ2) is 7.71. The lowest BCUT2D eigenvalue weighted by atomic mass is 10.1. The van der Waals surface area contributed by atoms with Crippen LogP contribution in [0.1, 0.15) is 25.3 Å². The fourth-order valence-electron chi connectivity index (χ4n) is 3.26. The van der Waals surface area contributed by atoms with E-state index in [1.165, 1.54) is 10.9 Å². The van der Waals surface area contributed by atoms with E-state index in [-0.39, 0.29) is 24.4 Å². The lowest BCUT2D eigenvalue weighted by molar-refractivity contribution is -0.116.